The summed E-state index contributed by atoms with van der Waals surface area (Å²) in [4.78, 5) is 0. The van der Waals surface area contributed by atoms with Crippen molar-refractivity contribution in [2.75, 3.05) is 0 Å². The molecule has 3 nitrogen and oxygen atoms in total. The molecule has 0 spiro atoms. The Morgan fingerprint density at radius 3 is 2.63 bits per heavy atom. The second-order valence-electron chi connectivity index (χ2n) is 5.12. The number of hydrogen-bond acceptors (Lipinski definition) is 2. The van der Waals surface area contributed by atoms with Gasteiger partial charge in [0.25, 0.3) is 0 Å². The highest BCUT2D eigenvalue weighted by Gasteiger charge is 2.52. The number of nitrogens with zero attached hydrogens (tertiary/aromatic N) is 2. The molecule has 1 aliphatic carbocycles. The fraction of sp³-hybridized carbons (Fsp3) is 0.400. The maximum atomic E-state index is 10.8. The zero-order valence-corrected chi connectivity index (χ0v) is 11.6. The zero-order valence-electron chi connectivity index (χ0n) is 10.9. The number of halogens is 1. The average molecular weight is 277 g/mol. The first-order chi connectivity index (χ1) is 9.19. The van der Waals surface area contributed by atoms with Crippen molar-refractivity contribution in [1.29, 1.82) is 0 Å². The number of aliphatic hydroxyl groups excluding tert-OH is 1. The van der Waals surface area contributed by atoms with E-state index in [0.717, 1.165) is 18.5 Å². The predicted molar refractivity (Wildman–Crippen MR) is 75.2 cm³/mol. The fourth-order valence-corrected chi connectivity index (χ4v) is 3.03. The molecule has 3 rings (SSSR count). The van der Waals surface area contributed by atoms with Crippen molar-refractivity contribution >= 4 is 11.6 Å². The Morgan fingerprint density at radius 2 is 2.05 bits per heavy atom. The van der Waals surface area contributed by atoms with Crippen LogP contribution in [0.2, 0.25) is 5.02 Å². The van der Waals surface area contributed by atoms with Crippen molar-refractivity contribution in [3.05, 3.63) is 52.8 Å². The smallest absolute Gasteiger partial charge is 0.107 e. The lowest BCUT2D eigenvalue weighted by molar-refractivity contribution is 0.123. The van der Waals surface area contributed by atoms with Gasteiger partial charge < -0.3 is 5.11 Å². The zero-order chi connectivity index (χ0) is 13.5. The van der Waals surface area contributed by atoms with Gasteiger partial charge in [-0.25, -0.2) is 0 Å². The first-order valence-electron chi connectivity index (χ1n) is 6.64. The Kier molecular flexibility index (Phi) is 3.11. The Balaban J connectivity index is 2.00. The van der Waals surface area contributed by atoms with Crippen LogP contribution in [-0.2, 0) is 12.0 Å². The van der Waals surface area contributed by atoms with Crippen molar-refractivity contribution < 1.29 is 5.11 Å². The Bertz CT molecular complexity index is 575. The number of hydrogen-bond donors (Lipinski definition) is 1. The molecule has 1 atom stereocenters. The minimum atomic E-state index is -0.593. The largest absolute Gasteiger partial charge is 0.386 e. The second-order valence-corrected chi connectivity index (χ2v) is 5.53. The van der Waals surface area contributed by atoms with Gasteiger partial charge in [-0.1, -0.05) is 41.9 Å². The molecule has 0 saturated heterocycles. The van der Waals surface area contributed by atoms with E-state index in [1.165, 1.54) is 5.56 Å². The normalized spacial score (nSPS) is 18.3. The van der Waals surface area contributed by atoms with E-state index in [9.17, 15) is 5.11 Å². The third kappa shape index (κ3) is 1.97. The molecule has 1 aromatic heterocycles. The van der Waals surface area contributed by atoms with E-state index < -0.39 is 6.10 Å². The van der Waals surface area contributed by atoms with Gasteiger partial charge in [0.1, 0.15) is 6.10 Å². The summed E-state index contributed by atoms with van der Waals surface area (Å²) >= 11 is 6.20. The summed E-state index contributed by atoms with van der Waals surface area (Å²) in [6.07, 6.45) is 3.00. The van der Waals surface area contributed by atoms with Crippen LogP contribution in [0.4, 0.5) is 0 Å². The van der Waals surface area contributed by atoms with Gasteiger partial charge in [0.05, 0.1) is 16.9 Å². The number of aromatic nitrogens is 2. The molecule has 0 bridgehead atoms. The highest BCUT2D eigenvalue weighted by molar-refractivity contribution is 6.31. The summed E-state index contributed by atoms with van der Waals surface area (Å²) in [7, 11) is 0. The Labute approximate surface area is 117 Å². The van der Waals surface area contributed by atoms with E-state index in [-0.39, 0.29) is 5.41 Å². The molecule has 0 amide bonds. The molecule has 1 saturated carbocycles. The first-order valence-corrected chi connectivity index (χ1v) is 7.01. The second kappa shape index (κ2) is 4.66. The lowest BCUT2D eigenvalue weighted by atomic mass is 9.88. The predicted octanol–water partition coefficient (Wildman–Crippen LogP) is 3.32. The fourth-order valence-electron chi connectivity index (χ4n) is 2.78. The molecular weight excluding hydrogens is 260 g/mol. The molecular formula is C15H17ClN2O. The van der Waals surface area contributed by atoms with E-state index in [1.807, 2.05) is 25.1 Å². The van der Waals surface area contributed by atoms with Gasteiger partial charge in [0.15, 0.2) is 0 Å². The van der Waals surface area contributed by atoms with Crippen LogP contribution in [0, 0.1) is 0 Å². The van der Waals surface area contributed by atoms with E-state index in [2.05, 4.69) is 17.2 Å². The molecule has 1 fully saturated rings. The monoisotopic (exact) mass is 276 g/mol. The maximum Gasteiger partial charge on any atom is 0.107 e. The van der Waals surface area contributed by atoms with Gasteiger partial charge in [0.2, 0.25) is 0 Å². The summed E-state index contributed by atoms with van der Waals surface area (Å²) < 4.78 is 1.79. The number of aliphatic hydroxyl groups is 1. The molecule has 100 valence electrons. The molecule has 1 aromatic carbocycles. The summed E-state index contributed by atoms with van der Waals surface area (Å²) in [5, 5.41) is 15.6. The lowest BCUT2D eigenvalue weighted by Crippen LogP contribution is -2.21. The topological polar surface area (TPSA) is 38.0 Å². The van der Waals surface area contributed by atoms with Gasteiger partial charge in [0, 0.05) is 12.0 Å². The SMILES string of the molecule is CCn1ncc(Cl)c1C(O)C1(c2ccccc2)CC1. The molecule has 4 heteroatoms. The molecule has 19 heavy (non-hydrogen) atoms. The minimum absolute atomic E-state index is 0.183. The quantitative estimate of drug-likeness (QED) is 0.930. The first kappa shape index (κ1) is 12.7. The van der Waals surface area contributed by atoms with E-state index in [1.54, 1.807) is 10.9 Å². The number of aryl methyl sites for hydroxylation is 1. The third-order valence-electron chi connectivity index (χ3n) is 4.05. The van der Waals surface area contributed by atoms with Crippen LogP contribution < -0.4 is 0 Å². The summed E-state index contributed by atoms with van der Waals surface area (Å²) in [6.45, 7) is 2.71. The molecule has 0 radical (unpaired) electrons. The maximum absolute atomic E-state index is 10.8. The van der Waals surface area contributed by atoms with Crippen molar-refractivity contribution in [2.45, 2.75) is 37.8 Å². The molecule has 1 unspecified atom stereocenters. The van der Waals surface area contributed by atoms with Crippen molar-refractivity contribution in [3.8, 4) is 0 Å². The summed E-state index contributed by atoms with van der Waals surface area (Å²) in [6, 6.07) is 10.2. The standard InChI is InChI=1S/C15H17ClN2O/c1-2-18-13(12(16)10-17-18)14(19)15(8-9-15)11-6-4-3-5-7-11/h3-7,10,14,19H,2,8-9H2,1H3. The highest BCUT2D eigenvalue weighted by Crippen LogP contribution is 2.57. The summed E-state index contributed by atoms with van der Waals surface area (Å²) in [5.41, 5.74) is 1.74. The average Bonchev–Trinajstić information content (AvgIpc) is 3.18. The Hall–Kier alpha value is -1.32. The van der Waals surface area contributed by atoms with Gasteiger partial charge in [-0.15, -0.1) is 0 Å². The van der Waals surface area contributed by atoms with Crippen LogP contribution in [0.5, 0.6) is 0 Å². The highest BCUT2D eigenvalue weighted by atomic mass is 35.5. The van der Waals surface area contributed by atoms with Gasteiger partial charge in [-0.2, -0.15) is 5.10 Å². The van der Waals surface area contributed by atoms with Gasteiger partial charge >= 0.3 is 0 Å². The molecule has 2 aromatic rings. The summed E-state index contributed by atoms with van der Waals surface area (Å²) in [5.74, 6) is 0. The molecule has 1 heterocycles. The van der Waals surface area contributed by atoms with Crippen molar-refractivity contribution in [1.82, 2.24) is 9.78 Å². The number of rotatable bonds is 4. The minimum Gasteiger partial charge on any atom is -0.386 e. The van der Waals surface area contributed by atoms with E-state index >= 15 is 0 Å². The lowest BCUT2D eigenvalue weighted by Gasteiger charge is -2.24. The van der Waals surface area contributed by atoms with Crippen molar-refractivity contribution in [3.63, 3.8) is 0 Å². The van der Waals surface area contributed by atoms with E-state index in [0.29, 0.717) is 11.6 Å². The van der Waals surface area contributed by atoms with Crippen LogP contribution >= 0.6 is 11.6 Å². The van der Waals surface area contributed by atoms with Crippen LogP contribution in [0.15, 0.2) is 36.5 Å². The van der Waals surface area contributed by atoms with Crippen LogP contribution in [0.3, 0.4) is 0 Å². The van der Waals surface area contributed by atoms with Gasteiger partial charge in [-0.05, 0) is 25.3 Å². The van der Waals surface area contributed by atoms with E-state index in [4.69, 9.17) is 11.6 Å². The van der Waals surface area contributed by atoms with Gasteiger partial charge in [-0.3, -0.25) is 4.68 Å². The number of benzene rings is 1. The molecule has 1 N–H and O–H groups in total. The van der Waals surface area contributed by atoms with Crippen LogP contribution in [-0.4, -0.2) is 14.9 Å². The van der Waals surface area contributed by atoms with Crippen molar-refractivity contribution in [2.24, 2.45) is 0 Å². The van der Waals surface area contributed by atoms with Crippen LogP contribution in [0.25, 0.3) is 0 Å². The Morgan fingerprint density at radius 1 is 1.37 bits per heavy atom. The third-order valence-corrected chi connectivity index (χ3v) is 4.34. The van der Waals surface area contributed by atoms with Crippen LogP contribution in [0.1, 0.15) is 37.1 Å². The molecule has 0 aliphatic heterocycles. The molecule has 1 aliphatic rings.